The molecule has 1 aromatic heterocycles. The lowest BCUT2D eigenvalue weighted by atomic mass is 10.2. The van der Waals surface area contributed by atoms with Crippen LogP contribution in [0, 0.1) is 0 Å². The van der Waals surface area contributed by atoms with Crippen molar-refractivity contribution in [2.45, 2.75) is 6.04 Å². The number of aromatic hydroxyl groups is 1. The summed E-state index contributed by atoms with van der Waals surface area (Å²) in [6.45, 7) is 0. The summed E-state index contributed by atoms with van der Waals surface area (Å²) in [7, 11) is 0. The summed E-state index contributed by atoms with van der Waals surface area (Å²) in [5, 5.41) is 20.8. The second-order valence-electron chi connectivity index (χ2n) is 5.43. The van der Waals surface area contributed by atoms with Crippen LogP contribution in [0.1, 0.15) is 6.04 Å². The van der Waals surface area contributed by atoms with Gasteiger partial charge >= 0.3 is 0 Å². The highest BCUT2D eigenvalue weighted by Crippen LogP contribution is 2.44. The monoisotopic (exact) mass is 343 g/mol. The molecule has 0 atom stereocenters. The predicted molar refractivity (Wildman–Crippen MR) is 95.6 cm³/mol. The van der Waals surface area contributed by atoms with Gasteiger partial charge in [0.25, 0.3) is 0 Å². The van der Waals surface area contributed by atoms with Crippen molar-refractivity contribution in [1.82, 2.24) is 4.57 Å². The summed E-state index contributed by atoms with van der Waals surface area (Å²) >= 11 is 7.75. The molecule has 1 N–H and O–H groups in total. The fourth-order valence-corrected chi connectivity index (χ4v) is 3.56. The van der Waals surface area contributed by atoms with E-state index >= 15 is 0 Å². The Labute approximate surface area is 142 Å². The third-order valence-corrected chi connectivity index (χ3v) is 5.43. The maximum Gasteiger partial charge on any atom is 0.221 e. The highest BCUT2D eigenvalue weighted by molar-refractivity contribution is 8.00. The van der Waals surface area contributed by atoms with E-state index in [4.69, 9.17) is 11.6 Å². The van der Waals surface area contributed by atoms with Gasteiger partial charge in [0, 0.05) is 21.9 Å². The molecule has 0 aliphatic carbocycles. The molecule has 6 heteroatoms. The van der Waals surface area contributed by atoms with Crippen LogP contribution in [0.5, 0.6) is 5.88 Å². The van der Waals surface area contributed by atoms with Gasteiger partial charge in [0.2, 0.25) is 5.88 Å². The second kappa shape index (κ2) is 5.91. The number of fused-ring (bicyclic) bond motifs is 1. The van der Waals surface area contributed by atoms with E-state index in [0.717, 1.165) is 22.4 Å². The molecule has 1 fully saturated rings. The van der Waals surface area contributed by atoms with Crippen LogP contribution < -0.4 is 0 Å². The average Bonchev–Trinajstić information content (AvgIpc) is 2.79. The van der Waals surface area contributed by atoms with E-state index in [9.17, 15) is 5.11 Å². The lowest BCUT2D eigenvalue weighted by Gasteiger charge is -2.27. The average molecular weight is 344 g/mol. The number of azo groups is 1. The Hall–Kier alpha value is -1.98. The minimum atomic E-state index is 0.189. The van der Waals surface area contributed by atoms with E-state index in [2.05, 4.69) is 10.2 Å². The number of hydrogen-bond donors (Lipinski definition) is 1. The molecule has 0 saturated carbocycles. The Kier molecular flexibility index (Phi) is 3.75. The Morgan fingerprint density at radius 1 is 1.04 bits per heavy atom. The zero-order valence-electron chi connectivity index (χ0n) is 12.2. The zero-order chi connectivity index (χ0) is 15.8. The molecule has 23 heavy (non-hydrogen) atoms. The summed E-state index contributed by atoms with van der Waals surface area (Å²) in [6, 6.07) is 15.4. The lowest BCUT2D eigenvalue weighted by molar-refractivity contribution is 0.406. The highest BCUT2D eigenvalue weighted by atomic mass is 35.5. The maximum absolute atomic E-state index is 10.6. The first-order chi connectivity index (χ1) is 11.2. The van der Waals surface area contributed by atoms with Crippen LogP contribution >= 0.6 is 23.4 Å². The minimum absolute atomic E-state index is 0.189. The Morgan fingerprint density at radius 3 is 2.48 bits per heavy atom. The Bertz CT molecular complexity index is 885. The van der Waals surface area contributed by atoms with Gasteiger partial charge in [-0.15, -0.1) is 5.11 Å². The second-order valence-corrected chi connectivity index (χ2v) is 6.94. The van der Waals surface area contributed by atoms with Crippen molar-refractivity contribution in [2.24, 2.45) is 10.2 Å². The van der Waals surface area contributed by atoms with E-state index in [-0.39, 0.29) is 5.88 Å². The number of benzene rings is 2. The molecule has 1 aliphatic heterocycles. The first kappa shape index (κ1) is 14.6. The summed E-state index contributed by atoms with van der Waals surface area (Å²) in [5.41, 5.74) is 2.22. The normalized spacial score (nSPS) is 15.3. The van der Waals surface area contributed by atoms with Crippen LogP contribution in [-0.2, 0) is 0 Å². The first-order valence-electron chi connectivity index (χ1n) is 7.31. The summed E-state index contributed by atoms with van der Waals surface area (Å²) in [5.74, 6) is 2.22. The quantitative estimate of drug-likeness (QED) is 0.620. The molecule has 116 valence electrons. The number of thioether (sulfide) groups is 1. The Balaban J connectivity index is 1.80. The minimum Gasteiger partial charge on any atom is -0.493 e. The van der Waals surface area contributed by atoms with E-state index in [0.29, 0.717) is 22.4 Å². The van der Waals surface area contributed by atoms with Gasteiger partial charge < -0.3 is 9.67 Å². The smallest absolute Gasteiger partial charge is 0.221 e. The standard InChI is InChI=1S/C17H14ClN3OS/c18-11-5-7-12(8-6-11)19-20-16-14-3-1-2-4-15(14)21(17(16)22)13-9-23-10-13/h1-8,13,22H,9-10H2. The van der Waals surface area contributed by atoms with Crippen LogP contribution in [0.25, 0.3) is 10.9 Å². The summed E-state index contributed by atoms with van der Waals surface area (Å²) in [4.78, 5) is 0. The SMILES string of the molecule is Oc1c(N=Nc2ccc(Cl)cc2)c2ccccc2n1C1CSC1. The molecule has 0 radical (unpaired) electrons. The largest absolute Gasteiger partial charge is 0.493 e. The van der Waals surface area contributed by atoms with Crippen molar-refractivity contribution < 1.29 is 5.11 Å². The maximum atomic E-state index is 10.6. The molecule has 2 aromatic carbocycles. The Morgan fingerprint density at radius 2 is 1.78 bits per heavy atom. The molecule has 0 bridgehead atoms. The molecule has 2 heterocycles. The molecular formula is C17H14ClN3OS. The van der Waals surface area contributed by atoms with Gasteiger partial charge in [0.1, 0.15) is 0 Å². The fourth-order valence-electron chi connectivity index (χ4n) is 2.69. The molecule has 1 aliphatic rings. The number of hydrogen-bond acceptors (Lipinski definition) is 4. The van der Waals surface area contributed by atoms with Crippen molar-refractivity contribution in [3.63, 3.8) is 0 Å². The first-order valence-corrected chi connectivity index (χ1v) is 8.84. The number of para-hydroxylation sites is 1. The number of halogens is 1. The van der Waals surface area contributed by atoms with E-state index < -0.39 is 0 Å². The van der Waals surface area contributed by atoms with E-state index in [1.54, 1.807) is 24.3 Å². The van der Waals surface area contributed by atoms with Crippen molar-refractivity contribution in [2.75, 3.05) is 11.5 Å². The van der Waals surface area contributed by atoms with Gasteiger partial charge in [-0.1, -0.05) is 29.8 Å². The third kappa shape index (κ3) is 2.60. The molecule has 3 aromatic rings. The van der Waals surface area contributed by atoms with Crippen LogP contribution in [0.4, 0.5) is 11.4 Å². The summed E-state index contributed by atoms with van der Waals surface area (Å²) in [6.07, 6.45) is 0. The zero-order valence-corrected chi connectivity index (χ0v) is 13.8. The molecule has 1 saturated heterocycles. The number of aromatic nitrogens is 1. The predicted octanol–water partition coefficient (Wildman–Crippen LogP) is 5.70. The van der Waals surface area contributed by atoms with Crippen LogP contribution in [0.15, 0.2) is 58.8 Å². The molecule has 4 nitrogen and oxygen atoms in total. The van der Waals surface area contributed by atoms with E-state index in [1.807, 2.05) is 40.6 Å². The van der Waals surface area contributed by atoms with Gasteiger partial charge in [-0.2, -0.15) is 16.9 Å². The third-order valence-electron chi connectivity index (χ3n) is 3.94. The van der Waals surface area contributed by atoms with Gasteiger partial charge in [-0.25, -0.2) is 0 Å². The van der Waals surface area contributed by atoms with Crippen molar-refractivity contribution in [1.29, 1.82) is 0 Å². The van der Waals surface area contributed by atoms with Gasteiger partial charge in [0.15, 0.2) is 5.69 Å². The van der Waals surface area contributed by atoms with Crippen LogP contribution in [-0.4, -0.2) is 21.2 Å². The topological polar surface area (TPSA) is 49.9 Å². The van der Waals surface area contributed by atoms with Crippen molar-refractivity contribution in [3.05, 3.63) is 53.6 Å². The summed E-state index contributed by atoms with van der Waals surface area (Å²) < 4.78 is 1.97. The van der Waals surface area contributed by atoms with Crippen molar-refractivity contribution >= 4 is 45.6 Å². The fraction of sp³-hybridized carbons (Fsp3) is 0.176. The van der Waals surface area contributed by atoms with Gasteiger partial charge in [-0.3, -0.25) is 0 Å². The lowest BCUT2D eigenvalue weighted by Crippen LogP contribution is -2.22. The van der Waals surface area contributed by atoms with Gasteiger partial charge in [-0.05, 0) is 30.3 Å². The van der Waals surface area contributed by atoms with E-state index in [1.165, 1.54) is 0 Å². The number of nitrogens with zero attached hydrogens (tertiary/aromatic N) is 3. The molecular weight excluding hydrogens is 330 g/mol. The molecule has 0 amide bonds. The van der Waals surface area contributed by atoms with Crippen LogP contribution in [0.2, 0.25) is 5.02 Å². The highest BCUT2D eigenvalue weighted by Gasteiger charge is 2.27. The molecule has 4 rings (SSSR count). The molecule has 0 unspecified atom stereocenters. The number of rotatable bonds is 3. The van der Waals surface area contributed by atoms with Crippen LogP contribution in [0.3, 0.4) is 0 Å². The van der Waals surface area contributed by atoms with Crippen molar-refractivity contribution in [3.8, 4) is 5.88 Å². The van der Waals surface area contributed by atoms with Gasteiger partial charge in [0.05, 0.1) is 17.2 Å². The molecule has 0 spiro atoms.